The maximum atomic E-state index is 11.7. The van der Waals surface area contributed by atoms with Crippen molar-refractivity contribution in [3.8, 4) is 11.4 Å². The maximum absolute atomic E-state index is 11.7. The third kappa shape index (κ3) is 13.3. The van der Waals surface area contributed by atoms with Gasteiger partial charge in [0.1, 0.15) is 17.0 Å². The Hall–Kier alpha value is -8.43. The first kappa shape index (κ1) is 46.6. The minimum absolute atomic E-state index is 0.0823. The largest absolute Gasteiger partial charge is 0.481 e. The van der Waals surface area contributed by atoms with E-state index in [1.807, 2.05) is 33.2 Å². The molecule has 8 aromatic rings. The Labute approximate surface area is 380 Å². The molecule has 0 saturated heterocycles. The Morgan fingerprint density at radius 3 is 1.54 bits per heavy atom. The molecule has 0 radical (unpaired) electrons. The minimum Gasteiger partial charge on any atom is -0.481 e. The van der Waals surface area contributed by atoms with Crippen molar-refractivity contribution in [3.63, 3.8) is 0 Å². The fourth-order valence-electron chi connectivity index (χ4n) is 6.24. The predicted molar refractivity (Wildman–Crippen MR) is 238 cm³/mol. The van der Waals surface area contributed by atoms with Crippen LogP contribution in [-0.4, -0.2) is 136 Å². The molecule has 0 aliphatic heterocycles. The Balaban J connectivity index is 0.000000203. The second-order valence-electron chi connectivity index (χ2n) is 15.9. The number of carbonyl (C=O) groups is 3. The number of hydrogen-bond acceptors (Lipinski definition) is 19. The van der Waals surface area contributed by atoms with Gasteiger partial charge < -0.3 is 36.6 Å². The van der Waals surface area contributed by atoms with Crippen LogP contribution in [0.2, 0.25) is 0 Å². The zero-order chi connectivity index (χ0) is 47.3. The van der Waals surface area contributed by atoms with Crippen molar-refractivity contribution >= 4 is 63.6 Å². The highest BCUT2D eigenvalue weighted by molar-refractivity contribution is 5.73. The standard InChI is InChI=1S/C22H29N11O4.C17H21N11O2/c1-22(2,3)37-21(36)23-7-5-9-32-14-16(11-26-32)33-19-17(29-30-33)12-24-20(28-19)27-15-10-25-31(13-15)8-4-6-18(34)35;18-4-2-6-27-11-13(8-21-27)28-16-14(24-25-28)9-19-17(23-16)22-12-7-20-26(10-12)5-1-3-15(29)30/h10-14H,4-9H2,1-3H3,(H,23,36)(H,34,35)(H,24,27,28);7-11H,1-6,18H2,(H,29,30)(H,19,22,23). The molecule has 0 bridgehead atoms. The third-order valence-electron chi connectivity index (χ3n) is 9.27. The fourth-order valence-corrected chi connectivity index (χ4v) is 6.24. The van der Waals surface area contributed by atoms with Crippen LogP contribution in [0.3, 0.4) is 0 Å². The number of rotatable bonds is 21. The molecule has 0 aromatic carbocycles. The molecule has 0 spiro atoms. The van der Waals surface area contributed by atoms with Crippen molar-refractivity contribution in [2.75, 3.05) is 23.7 Å². The molecular formula is C39H50N22O6. The SMILES string of the molecule is CC(C)(C)OC(=O)NCCCn1cc(-n2nnc3cnc(Nc4cnn(CCCC(=O)O)c4)nc32)cn1.NCCCn1cc(-n2nnc3cnc(Nc4cnn(CCCC(=O)O)c4)nc32)cn1. The Bertz CT molecular complexity index is 2900. The first-order valence-electron chi connectivity index (χ1n) is 21.2. The van der Waals surface area contributed by atoms with E-state index in [0.717, 1.165) is 18.7 Å². The summed E-state index contributed by atoms with van der Waals surface area (Å²) < 4.78 is 15.3. The van der Waals surface area contributed by atoms with Crippen LogP contribution in [0.1, 0.15) is 59.3 Å². The van der Waals surface area contributed by atoms with Crippen molar-refractivity contribution in [3.05, 3.63) is 62.0 Å². The lowest BCUT2D eigenvalue weighted by molar-refractivity contribution is -0.138. The van der Waals surface area contributed by atoms with Gasteiger partial charge in [-0.1, -0.05) is 10.4 Å². The lowest BCUT2D eigenvalue weighted by Gasteiger charge is -2.19. The van der Waals surface area contributed by atoms with Crippen LogP contribution in [0, 0.1) is 0 Å². The smallest absolute Gasteiger partial charge is 0.407 e. The summed E-state index contributed by atoms with van der Waals surface area (Å²) in [5, 5.41) is 60.1. The molecule has 8 aromatic heterocycles. The number of anilines is 4. The average molecular weight is 923 g/mol. The van der Waals surface area contributed by atoms with Crippen molar-refractivity contribution in [1.82, 2.24) is 94.4 Å². The molecule has 0 saturated carbocycles. The van der Waals surface area contributed by atoms with Gasteiger partial charge in [-0.3, -0.25) is 28.3 Å². The highest BCUT2D eigenvalue weighted by Gasteiger charge is 2.17. The monoisotopic (exact) mass is 922 g/mol. The lowest BCUT2D eigenvalue weighted by atomic mass is 10.2. The van der Waals surface area contributed by atoms with E-state index in [1.54, 1.807) is 77.7 Å². The first-order chi connectivity index (χ1) is 32.3. The van der Waals surface area contributed by atoms with Crippen LogP contribution in [-0.2, 0) is 40.5 Å². The molecule has 0 atom stereocenters. The van der Waals surface area contributed by atoms with Crippen molar-refractivity contribution < 1.29 is 29.3 Å². The molecule has 8 rings (SSSR count). The molecular weight excluding hydrogens is 873 g/mol. The van der Waals surface area contributed by atoms with Gasteiger partial charge in [-0.05, 0) is 53.0 Å². The molecule has 0 fully saturated rings. The summed E-state index contributed by atoms with van der Waals surface area (Å²) in [5.41, 5.74) is 9.90. The summed E-state index contributed by atoms with van der Waals surface area (Å²) >= 11 is 0. The maximum Gasteiger partial charge on any atom is 0.407 e. The molecule has 1 amide bonds. The summed E-state index contributed by atoms with van der Waals surface area (Å²) in [4.78, 5) is 50.6. The highest BCUT2D eigenvalue weighted by Crippen LogP contribution is 2.20. The van der Waals surface area contributed by atoms with Crippen LogP contribution < -0.4 is 21.7 Å². The molecule has 8 heterocycles. The number of nitrogens with zero attached hydrogens (tertiary/aromatic N) is 18. The van der Waals surface area contributed by atoms with Gasteiger partial charge in [0.05, 0.1) is 60.9 Å². The zero-order valence-corrected chi connectivity index (χ0v) is 36.9. The predicted octanol–water partition coefficient (Wildman–Crippen LogP) is 2.69. The summed E-state index contributed by atoms with van der Waals surface area (Å²) in [6, 6.07) is 0. The quantitative estimate of drug-likeness (QED) is 0.0564. The summed E-state index contributed by atoms with van der Waals surface area (Å²) in [6.07, 6.45) is 19.2. The van der Waals surface area contributed by atoms with E-state index in [-0.39, 0.29) is 12.8 Å². The van der Waals surface area contributed by atoms with E-state index in [2.05, 4.69) is 76.9 Å². The number of nitrogens with two attached hydrogens (primary N) is 1. The Kier molecular flexibility index (Phi) is 14.9. The molecule has 28 nitrogen and oxygen atoms in total. The molecule has 28 heteroatoms. The molecule has 0 aliphatic carbocycles. The van der Waals surface area contributed by atoms with Crippen molar-refractivity contribution in [2.24, 2.45) is 5.73 Å². The van der Waals surface area contributed by atoms with E-state index in [4.69, 9.17) is 20.7 Å². The van der Waals surface area contributed by atoms with Crippen LogP contribution >= 0.6 is 0 Å². The van der Waals surface area contributed by atoms with Gasteiger partial charge in [0.2, 0.25) is 11.9 Å². The zero-order valence-electron chi connectivity index (χ0n) is 36.9. The first-order valence-corrected chi connectivity index (χ1v) is 21.2. The number of aryl methyl sites for hydroxylation is 4. The normalized spacial score (nSPS) is 11.4. The number of fused-ring (bicyclic) bond motifs is 2. The Morgan fingerprint density at radius 2 is 1.07 bits per heavy atom. The second kappa shape index (κ2) is 21.5. The van der Waals surface area contributed by atoms with Crippen LogP contribution in [0.25, 0.3) is 33.7 Å². The molecule has 7 N–H and O–H groups in total. The summed E-state index contributed by atoms with van der Waals surface area (Å²) in [7, 11) is 0. The minimum atomic E-state index is -0.835. The average Bonchev–Trinajstić information content (AvgIpc) is 4.15. The Morgan fingerprint density at radius 1 is 0.627 bits per heavy atom. The van der Waals surface area contributed by atoms with E-state index < -0.39 is 23.6 Å². The van der Waals surface area contributed by atoms with Crippen LogP contribution in [0.5, 0.6) is 0 Å². The van der Waals surface area contributed by atoms with Gasteiger partial charge in [-0.25, -0.2) is 14.8 Å². The second-order valence-corrected chi connectivity index (χ2v) is 15.9. The van der Waals surface area contributed by atoms with Gasteiger partial charge in [0, 0.05) is 58.0 Å². The molecule has 0 unspecified atom stereocenters. The van der Waals surface area contributed by atoms with E-state index in [9.17, 15) is 14.4 Å². The van der Waals surface area contributed by atoms with Gasteiger partial charge in [0.15, 0.2) is 22.3 Å². The number of alkyl carbamates (subject to hydrolysis) is 1. The third-order valence-corrected chi connectivity index (χ3v) is 9.27. The van der Waals surface area contributed by atoms with Crippen molar-refractivity contribution in [1.29, 1.82) is 0 Å². The van der Waals surface area contributed by atoms with Gasteiger partial charge in [-0.2, -0.15) is 39.7 Å². The number of nitrogens with one attached hydrogen (secondary N) is 3. The van der Waals surface area contributed by atoms with Gasteiger partial charge >= 0.3 is 18.0 Å². The van der Waals surface area contributed by atoms with E-state index in [0.29, 0.717) is 103 Å². The molecule has 67 heavy (non-hydrogen) atoms. The summed E-state index contributed by atoms with van der Waals surface area (Å²) in [5.74, 6) is -0.955. The number of aliphatic carboxylic acids is 2. The van der Waals surface area contributed by atoms with Gasteiger partial charge in [0.25, 0.3) is 0 Å². The number of ether oxygens (including phenoxy) is 1. The lowest BCUT2D eigenvalue weighted by Crippen LogP contribution is -2.33. The fraction of sp³-hybridized carbons (Fsp3) is 0.410. The summed E-state index contributed by atoms with van der Waals surface area (Å²) in [6.45, 7) is 8.81. The van der Waals surface area contributed by atoms with E-state index in [1.165, 1.54) is 0 Å². The number of carbonyl (C=O) groups excluding carboxylic acids is 1. The number of amides is 1. The highest BCUT2D eigenvalue weighted by atomic mass is 16.6. The number of carboxylic acid groups (broad SMARTS) is 2. The van der Waals surface area contributed by atoms with Crippen LogP contribution in [0.15, 0.2) is 62.0 Å². The van der Waals surface area contributed by atoms with Crippen LogP contribution in [0.4, 0.5) is 28.1 Å². The number of hydrogen-bond donors (Lipinski definition) is 6. The molecule has 0 aliphatic rings. The van der Waals surface area contributed by atoms with Crippen molar-refractivity contribution in [2.45, 2.75) is 91.1 Å². The van der Waals surface area contributed by atoms with E-state index >= 15 is 0 Å². The topological polar surface area (TPSA) is 347 Å². The number of aromatic nitrogens is 18. The molecule has 352 valence electrons. The van der Waals surface area contributed by atoms with Gasteiger partial charge in [-0.15, -0.1) is 10.2 Å². The number of carboxylic acids is 2.